The van der Waals surface area contributed by atoms with Crippen LogP contribution in [0.5, 0.6) is 0 Å². The molecule has 0 bridgehead atoms. The van der Waals surface area contributed by atoms with Gasteiger partial charge in [-0.05, 0) is 19.1 Å². The van der Waals surface area contributed by atoms with Crippen molar-refractivity contribution in [3.63, 3.8) is 0 Å². The molecular weight excluding hydrogens is 238 g/mol. The van der Waals surface area contributed by atoms with E-state index < -0.39 is 12.1 Å². The number of aliphatic hydroxyl groups excluding tert-OH is 1. The lowest BCUT2D eigenvalue weighted by Crippen LogP contribution is -2.18. The van der Waals surface area contributed by atoms with Crippen LogP contribution in [0.2, 0.25) is 0 Å². The van der Waals surface area contributed by atoms with E-state index in [9.17, 15) is 9.59 Å². The number of hydrogen-bond donors (Lipinski definition) is 2. The molecule has 0 saturated heterocycles. The fraction of sp³-hybridized carbons (Fsp3) is 0.333. The van der Waals surface area contributed by atoms with E-state index in [1.54, 1.807) is 31.2 Å². The smallest absolute Gasteiger partial charge is 0.411 e. The number of aliphatic hydroxyl groups is 1. The molecule has 1 rings (SSSR count). The zero-order valence-corrected chi connectivity index (χ0v) is 10.0. The zero-order valence-electron chi connectivity index (χ0n) is 10.0. The minimum atomic E-state index is -0.735. The predicted molar refractivity (Wildman–Crippen MR) is 64.5 cm³/mol. The van der Waals surface area contributed by atoms with Gasteiger partial charge in [-0.2, -0.15) is 0 Å². The second kappa shape index (κ2) is 7.29. The number of amides is 1. The van der Waals surface area contributed by atoms with Gasteiger partial charge in [-0.1, -0.05) is 12.1 Å². The first-order valence-electron chi connectivity index (χ1n) is 5.49. The van der Waals surface area contributed by atoms with Crippen LogP contribution < -0.4 is 5.32 Å². The standard InChI is InChI=1S/C12H15NO5/c1-2-17-11(15)9-5-3-4-6-10(9)13-12(16)18-8-7-14/h3-6,14H,2,7-8H2,1H3,(H,13,16). The summed E-state index contributed by atoms with van der Waals surface area (Å²) in [7, 11) is 0. The number of carbonyl (C=O) groups is 2. The molecule has 1 amide bonds. The van der Waals surface area contributed by atoms with Crippen LogP contribution in [-0.4, -0.2) is 37.0 Å². The van der Waals surface area contributed by atoms with Gasteiger partial charge in [-0.3, -0.25) is 5.32 Å². The number of benzene rings is 1. The number of rotatable bonds is 5. The van der Waals surface area contributed by atoms with Gasteiger partial charge in [0.1, 0.15) is 6.61 Å². The quantitative estimate of drug-likeness (QED) is 0.775. The Kier molecular flexibility index (Phi) is 5.66. The molecule has 18 heavy (non-hydrogen) atoms. The highest BCUT2D eigenvalue weighted by atomic mass is 16.6. The third-order valence-electron chi connectivity index (χ3n) is 1.98. The second-order valence-corrected chi connectivity index (χ2v) is 3.25. The summed E-state index contributed by atoms with van der Waals surface area (Å²) in [5.74, 6) is -0.518. The molecule has 0 atom stereocenters. The normalized spacial score (nSPS) is 9.67. The van der Waals surface area contributed by atoms with Crippen molar-refractivity contribution in [2.75, 3.05) is 25.1 Å². The molecule has 0 unspecified atom stereocenters. The minimum absolute atomic E-state index is 0.104. The first kappa shape index (κ1) is 14.0. The molecule has 98 valence electrons. The highest BCUT2D eigenvalue weighted by molar-refractivity contribution is 5.99. The summed E-state index contributed by atoms with van der Waals surface area (Å²) in [5, 5.41) is 10.9. The summed E-state index contributed by atoms with van der Waals surface area (Å²) in [6, 6.07) is 6.44. The lowest BCUT2D eigenvalue weighted by molar-refractivity contribution is 0.0527. The predicted octanol–water partition coefficient (Wildman–Crippen LogP) is 1.40. The van der Waals surface area contributed by atoms with Crippen molar-refractivity contribution in [1.82, 2.24) is 0 Å². The largest absolute Gasteiger partial charge is 0.462 e. The second-order valence-electron chi connectivity index (χ2n) is 3.25. The first-order chi connectivity index (χ1) is 8.69. The lowest BCUT2D eigenvalue weighted by atomic mass is 10.2. The molecule has 0 heterocycles. The summed E-state index contributed by atoms with van der Waals surface area (Å²) in [6.45, 7) is 1.59. The van der Waals surface area contributed by atoms with Gasteiger partial charge < -0.3 is 14.6 Å². The van der Waals surface area contributed by atoms with Crippen LogP contribution in [-0.2, 0) is 9.47 Å². The highest BCUT2D eigenvalue weighted by Crippen LogP contribution is 2.16. The maximum Gasteiger partial charge on any atom is 0.411 e. The van der Waals surface area contributed by atoms with Gasteiger partial charge in [0.05, 0.1) is 24.5 Å². The van der Waals surface area contributed by atoms with Gasteiger partial charge in [0.25, 0.3) is 0 Å². The van der Waals surface area contributed by atoms with Gasteiger partial charge in [-0.15, -0.1) is 0 Å². The molecule has 6 nitrogen and oxygen atoms in total. The van der Waals surface area contributed by atoms with Crippen LogP contribution in [0.15, 0.2) is 24.3 Å². The molecule has 0 radical (unpaired) electrons. The van der Waals surface area contributed by atoms with Crippen molar-refractivity contribution in [1.29, 1.82) is 0 Å². The Labute approximate surface area is 105 Å². The summed E-state index contributed by atoms with van der Waals surface area (Å²) >= 11 is 0. The van der Waals surface area contributed by atoms with Crippen LogP contribution in [0.25, 0.3) is 0 Å². The third kappa shape index (κ3) is 4.06. The Morgan fingerprint density at radius 1 is 1.28 bits per heavy atom. The molecule has 0 saturated carbocycles. The Bertz CT molecular complexity index is 419. The molecule has 0 aromatic heterocycles. The summed E-state index contributed by atoms with van der Waals surface area (Å²) in [6.07, 6.45) is -0.735. The van der Waals surface area contributed by atoms with E-state index in [2.05, 4.69) is 10.1 Å². The maximum absolute atomic E-state index is 11.6. The average Bonchev–Trinajstić information content (AvgIpc) is 2.37. The van der Waals surface area contributed by atoms with Crippen LogP contribution in [0, 0.1) is 0 Å². The van der Waals surface area contributed by atoms with E-state index in [1.165, 1.54) is 0 Å². The van der Waals surface area contributed by atoms with E-state index in [0.29, 0.717) is 5.69 Å². The number of para-hydroxylation sites is 1. The van der Waals surface area contributed by atoms with Crippen molar-refractivity contribution >= 4 is 17.7 Å². The van der Waals surface area contributed by atoms with E-state index in [0.717, 1.165) is 0 Å². The van der Waals surface area contributed by atoms with Crippen molar-refractivity contribution in [2.24, 2.45) is 0 Å². The molecule has 0 aliphatic rings. The number of anilines is 1. The van der Waals surface area contributed by atoms with E-state index in [-0.39, 0.29) is 25.4 Å². The molecule has 0 aliphatic heterocycles. The Morgan fingerprint density at radius 3 is 2.67 bits per heavy atom. The van der Waals surface area contributed by atoms with Gasteiger partial charge in [0.15, 0.2) is 0 Å². The Hall–Kier alpha value is -2.08. The number of carbonyl (C=O) groups excluding carboxylic acids is 2. The molecule has 2 N–H and O–H groups in total. The van der Waals surface area contributed by atoms with E-state index in [4.69, 9.17) is 9.84 Å². The van der Waals surface area contributed by atoms with Crippen LogP contribution in [0.1, 0.15) is 17.3 Å². The van der Waals surface area contributed by atoms with Crippen molar-refractivity contribution in [2.45, 2.75) is 6.92 Å². The van der Waals surface area contributed by atoms with Crippen LogP contribution in [0.4, 0.5) is 10.5 Å². The molecule has 6 heteroatoms. The fourth-order valence-electron chi connectivity index (χ4n) is 1.26. The minimum Gasteiger partial charge on any atom is -0.462 e. The lowest BCUT2D eigenvalue weighted by Gasteiger charge is -2.10. The fourth-order valence-corrected chi connectivity index (χ4v) is 1.26. The van der Waals surface area contributed by atoms with Crippen molar-refractivity contribution in [3.05, 3.63) is 29.8 Å². The SMILES string of the molecule is CCOC(=O)c1ccccc1NC(=O)OCCO. The number of nitrogens with one attached hydrogen (secondary N) is 1. The Morgan fingerprint density at radius 2 is 2.00 bits per heavy atom. The summed E-state index contributed by atoms with van der Waals surface area (Å²) < 4.78 is 9.50. The number of hydrogen-bond acceptors (Lipinski definition) is 5. The molecule has 1 aromatic rings. The zero-order chi connectivity index (χ0) is 13.4. The van der Waals surface area contributed by atoms with Gasteiger partial charge in [0, 0.05) is 0 Å². The maximum atomic E-state index is 11.6. The van der Waals surface area contributed by atoms with Gasteiger partial charge in [-0.25, -0.2) is 9.59 Å². The molecular formula is C12H15NO5. The summed E-state index contributed by atoms with van der Waals surface area (Å²) in [5.41, 5.74) is 0.555. The molecule has 1 aromatic carbocycles. The summed E-state index contributed by atoms with van der Waals surface area (Å²) in [4.78, 5) is 22.9. The highest BCUT2D eigenvalue weighted by Gasteiger charge is 2.14. The van der Waals surface area contributed by atoms with E-state index in [1.807, 2.05) is 0 Å². The Balaban J connectivity index is 2.76. The number of ether oxygens (including phenoxy) is 2. The molecule has 0 spiro atoms. The molecule has 0 aliphatic carbocycles. The molecule has 0 fully saturated rings. The van der Waals surface area contributed by atoms with Gasteiger partial charge >= 0.3 is 12.1 Å². The first-order valence-corrected chi connectivity index (χ1v) is 5.49. The monoisotopic (exact) mass is 253 g/mol. The van der Waals surface area contributed by atoms with Crippen LogP contribution in [0.3, 0.4) is 0 Å². The van der Waals surface area contributed by atoms with Gasteiger partial charge in [0.2, 0.25) is 0 Å². The third-order valence-corrected chi connectivity index (χ3v) is 1.98. The average molecular weight is 253 g/mol. The van der Waals surface area contributed by atoms with Crippen molar-refractivity contribution < 1.29 is 24.2 Å². The number of esters is 1. The van der Waals surface area contributed by atoms with Crippen molar-refractivity contribution in [3.8, 4) is 0 Å². The van der Waals surface area contributed by atoms with E-state index >= 15 is 0 Å². The van der Waals surface area contributed by atoms with Crippen LogP contribution >= 0.6 is 0 Å². The topological polar surface area (TPSA) is 84.9 Å².